The molecule has 0 aliphatic rings. The molecule has 8 nitrogen and oxygen atoms in total. The van der Waals surface area contributed by atoms with Gasteiger partial charge in [0.15, 0.2) is 11.0 Å². The molecule has 0 atom stereocenters. The van der Waals surface area contributed by atoms with Crippen LogP contribution in [0.1, 0.15) is 0 Å². The molecular weight excluding hydrogens is 433 g/mol. The number of allylic oxidation sites excluding steroid dienone is 1. The minimum Gasteiger partial charge on any atom is -0.324 e. The predicted molar refractivity (Wildman–Crippen MR) is 113 cm³/mol. The number of nitro groups is 1. The maximum atomic E-state index is 13.2. The smallest absolute Gasteiger partial charge is 0.271 e. The van der Waals surface area contributed by atoms with Crippen LogP contribution in [0.25, 0.3) is 11.4 Å². The highest BCUT2D eigenvalue weighted by atomic mass is 35.5. The number of carbonyl (C=O) groups is 1. The van der Waals surface area contributed by atoms with E-state index in [1.807, 2.05) is 0 Å². The number of thioether (sulfide) groups is 1. The van der Waals surface area contributed by atoms with Crippen molar-refractivity contribution in [3.8, 4) is 11.4 Å². The van der Waals surface area contributed by atoms with Gasteiger partial charge in [0.25, 0.3) is 5.69 Å². The highest BCUT2D eigenvalue weighted by molar-refractivity contribution is 7.99. The molecule has 1 amide bonds. The van der Waals surface area contributed by atoms with Crippen LogP contribution in [0.4, 0.5) is 15.8 Å². The van der Waals surface area contributed by atoms with E-state index < -0.39 is 10.8 Å². The molecule has 0 saturated heterocycles. The molecule has 0 radical (unpaired) electrons. The van der Waals surface area contributed by atoms with Crippen LogP contribution >= 0.6 is 23.4 Å². The number of amides is 1. The SMILES string of the molecule is C=CCn1c(SCC(=O)Nc2cc([N+](=O)[O-])ccc2Cl)nnc1-c1ccc(F)cc1. The van der Waals surface area contributed by atoms with Gasteiger partial charge in [-0.3, -0.25) is 19.5 Å². The number of anilines is 1. The van der Waals surface area contributed by atoms with Gasteiger partial charge in [-0.1, -0.05) is 29.4 Å². The summed E-state index contributed by atoms with van der Waals surface area (Å²) >= 11 is 7.13. The third-order valence-electron chi connectivity index (χ3n) is 3.90. The predicted octanol–water partition coefficient (Wildman–Crippen LogP) is 4.56. The minimum absolute atomic E-state index is 0.0300. The summed E-state index contributed by atoms with van der Waals surface area (Å²) in [7, 11) is 0. The normalized spacial score (nSPS) is 10.6. The number of non-ortho nitro benzene ring substituents is 1. The van der Waals surface area contributed by atoms with Crippen LogP contribution in [0, 0.1) is 15.9 Å². The number of hydrogen-bond acceptors (Lipinski definition) is 6. The Morgan fingerprint density at radius 1 is 1.30 bits per heavy atom. The summed E-state index contributed by atoms with van der Waals surface area (Å²) in [6, 6.07) is 9.61. The summed E-state index contributed by atoms with van der Waals surface area (Å²) in [5.74, 6) is -0.296. The second kappa shape index (κ2) is 9.51. The summed E-state index contributed by atoms with van der Waals surface area (Å²) < 4.78 is 14.9. The number of benzene rings is 2. The van der Waals surface area contributed by atoms with Gasteiger partial charge < -0.3 is 5.32 Å². The number of nitro benzene ring substituents is 1. The fourth-order valence-electron chi connectivity index (χ4n) is 2.54. The Hall–Kier alpha value is -3.24. The maximum absolute atomic E-state index is 13.2. The van der Waals surface area contributed by atoms with Crippen LogP contribution in [0.3, 0.4) is 0 Å². The molecule has 2 aromatic carbocycles. The zero-order valence-electron chi connectivity index (χ0n) is 15.4. The molecule has 30 heavy (non-hydrogen) atoms. The average Bonchev–Trinajstić information content (AvgIpc) is 3.11. The Balaban J connectivity index is 1.73. The molecule has 11 heteroatoms. The monoisotopic (exact) mass is 447 g/mol. The van der Waals surface area contributed by atoms with Crippen LogP contribution in [0.2, 0.25) is 5.02 Å². The largest absolute Gasteiger partial charge is 0.324 e. The third-order valence-corrected chi connectivity index (χ3v) is 5.19. The van der Waals surface area contributed by atoms with Crippen molar-refractivity contribution in [3.05, 3.63) is 76.1 Å². The second-order valence-corrected chi connectivity index (χ2v) is 7.32. The molecule has 0 aliphatic carbocycles. The van der Waals surface area contributed by atoms with Gasteiger partial charge in [0.1, 0.15) is 5.82 Å². The molecule has 1 heterocycles. The fraction of sp³-hybridized carbons (Fsp3) is 0.105. The highest BCUT2D eigenvalue weighted by Crippen LogP contribution is 2.28. The van der Waals surface area contributed by atoms with E-state index in [9.17, 15) is 19.3 Å². The molecule has 0 bridgehead atoms. The fourth-order valence-corrected chi connectivity index (χ4v) is 3.45. The first-order valence-electron chi connectivity index (χ1n) is 8.55. The summed E-state index contributed by atoms with van der Waals surface area (Å²) in [6.07, 6.45) is 1.66. The Morgan fingerprint density at radius 2 is 2.03 bits per heavy atom. The van der Waals surface area contributed by atoms with Crippen LogP contribution < -0.4 is 5.32 Å². The Morgan fingerprint density at radius 3 is 2.70 bits per heavy atom. The molecule has 3 rings (SSSR count). The zero-order valence-corrected chi connectivity index (χ0v) is 17.0. The van der Waals surface area contributed by atoms with Crippen LogP contribution in [0.5, 0.6) is 0 Å². The van der Waals surface area contributed by atoms with Gasteiger partial charge in [-0.2, -0.15) is 0 Å². The lowest BCUT2D eigenvalue weighted by Crippen LogP contribution is -2.15. The lowest BCUT2D eigenvalue weighted by molar-refractivity contribution is -0.384. The van der Waals surface area contributed by atoms with Gasteiger partial charge in [-0.15, -0.1) is 16.8 Å². The molecule has 1 N–H and O–H groups in total. The van der Waals surface area contributed by atoms with E-state index in [1.165, 1.54) is 30.3 Å². The first kappa shape index (κ1) is 21.5. The summed E-state index contributed by atoms with van der Waals surface area (Å²) in [5.41, 5.74) is 0.637. The van der Waals surface area contributed by atoms with Crippen molar-refractivity contribution in [2.24, 2.45) is 0 Å². The minimum atomic E-state index is -0.574. The van der Waals surface area contributed by atoms with Crippen LogP contribution in [-0.2, 0) is 11.3 Å². The maximum Gasteiger partial charge on any atom is 0.271 e. The van der Waals surface area contributed by atoms with Crippen molar-refractivity contribution in [2.75, 3.05) is 11.1 Å². The van der Waals surface area contributed by atoms with E-state index in [4.69, 9.17) is 11.6 Å². The highest BCUT2D eigenvalue weighted by Gasteiger charge is 2.16. The first-order chi connectivity index (χ1) is 14.4. The van der Waals surface area contributed by atoms with Gasteiger partial charge in [0.2, 0.25) is 5.91 Å². The van der Waals surface area contributed by atoms with Crippen molar-refractivity contribution >= 4 is 40.6 Å². The van der Waals surface area contributed by atoms with E-state index in [0.29, 0.717) is 23.1 Å². The molecular formula is C19H15ClFN5O3S. The number of rotatable bonds is 8. The number of hydrogen-bond donors (Lipinski definition) is 1. The molecule has 0 fully saturated rings. The lowest BCUT2D eigenvalue weighted by atomic mass is 10.2. The van der Waals surface area contributed by atoms with E-state index in [1.54, 1.807) is 22.8 Å². The van der Waals surface area contributed by atoms with Gasteiger partial charge in [-0.25, -0.2) is 4.39 Å². The van der Waals surface area contributed by atoms with E-state index in [0.717, 1.165) is 11.8 Å². The number of nitrogens with zero attached hydrogens (tertiary/aromatic N) is 4. The van der Waals surface area contributed by atoms with E-state index in [2.05, 4.69) is 22.1 Å². The van der Waals surface area contributed by atoms with Gasteiger partial charge in [0, 0.05) is 24.2 Å². The van der Waals surface area contributed by atoms with Crippen molar-refractivity contribution in [1.29, 1.82) is 0 Å². The molecule has 0 unspecified atom stereocenters. The van der Waals surface area contributed by atoms with Gasteiger partial charge in [-0.05, 0) is 30.3 Å². The zero-order chi connectivity index (χ0) is 21.7. The Labute approximate surface area is 179 Å². The van der Waals surface area contributed by atoms with Gasteiger partial charge in [0.05, 0.1) is 21.4 Å². The number of aromatic nitrogens is 3. The molecule has 0 aliphatic heterocycles. The Kier molecular flexibility index (Phi) is 6.80. The second-order valence-electron chi connectivity index (χ2n) is 5.97. The first-order valence-corrected chi connectivity index (χ1v) is 9.92. The van der Waals surface area contributed by atoms with Crippen molar-refractivity contribution in [2.45, 2.75) is 11.7 Å². The number of halogens is 2. The molecule has 0 spiro atoms. The quantitative estimate of drug-likeness (QED) is 0.235. The van der Waals surface area contributed by atoms with Crippen LogP contribution in [0.15, 0.2) is 60.3 Å². The summed E-state index contributed by atoms with van der Waals surface area (Å²) in [4.78, 5) is 22.6. The lowest BCUT2D eigenvalue weighted by Gasteiger charge is -2.09. The van der Waals surface area contributed by atoms with Crippen molar-refractivity contribution < 1.29 is 14.1 Å². The summed E-state index contributed by atoms with van der Waals surface area (Å²) in [6.45, 7) is 4.10. The number of nitrogens with one attached hydrogen (secondary N) is 1. The summed E-state index contributed by atoms with van der Waals surface area (Å²) in [5, 5.41) is 22.4. The van der Waals surface area contributed by atoms with E-state index in [-0.39, 0.29) is 28.0 Å². The topological polar surface area (TPSA) is 103 Å². The van der Waals surface area contributed by atoms with Gasteiger partial charge >= 0.3 is 0 Å². The Bertz CT molecular complexity index is 1100. The third kappa shape index (κ3) is 5.02. The molecule has 0 saturated carbocycles. The molecule has 154 valence electrons. The standard InChI is InChI=1S/C19H15ClFN5O3S/c1-2-9-25-18(12-3-5-13(21)6-4-12)23-24-19(25)30-11-17(27)22-16-10-14(26(28)29)7-8-15(16)20/h2-8,10H,1,9,11H2,(H,22,27). The van der Waals surface area contributed by atoms with Crippen molar-refractivity contribution in [1.82, 2.24) is 14.8 Å². The van der Waals surface area contributed by atoms with Crippen molar-refractivity contribution in [3.63, 3.8) is 0 Å². The molecule has 3 aromatic rings. The van der Waals surface area contributed by atoms with Crippen LogP contribution in [-0.4, -0.2) is 31.3 Å². The molecule has 1 aromatic heterocycles. The number of carbonyl (C=O) groups excluding carboxylic acids is 1. The average molecular weight is 448 g/mol. The van der Waals surface area contributed by atoms with E-state index >= 15 is 0 Å².